The van der Waals surface area contributed by atoms with Gasteiger partial charge >= 0.3 is 0 Å². The number of aliphatic hydroxyl groups is 1. The van der Waals surface area contributed by atoms with Gasteiger partial charge in [-0.1, -0.05) is 0 Å². The van der Waals surface area contributed by atoms with Crippen LogP contribution in [0.15, 0.2) is 30.5 Å². The van der Waals surface area contributed by atoms with E-state index in [1.807, 2.05) is 29.2 Å². The number of hydrazine groups is 1. The summed E-state index contributed by atoms with van der Waals surface area (Å²) in [6, 6.07) is 7.26. The smallest absolute Gasteiger partial charge is 0.227 e. The molecular formula is C15H20N6O2. The van der Waals surface area contributed by atoms with Crippen molar-refractivity contribution in [3.63, 3.8) is 0 Å². The highest BCUT2D eigenvalue weighted by Crippen LogP contribution is 2.28. The normalized spacial score (nSPS) is 17.3. The zero-order chi connectivity index (χ0) is 16.4. The van der Waals surface area contributed by atoms with E-state index < -0.39 is 0 Å². The highest BCUT2D eigenvalue weighted by molar-refractivity contribution is 5.70. The van der Waals surface area contributed by atoms with Crippen LogP contribution in [0.25, 0.3) is 0 Å². The van der Waals surface area contributed by atoms with Crippen molar-refractivity contribution in [3.8, 4) is 5.75 Å². The first-order chi connectivity index (χ1) is 11.1. The largest absolute Gasteiger partial charge is 0.497 e. The van der Waals surface area contributed by atoms with Crippen molar-refractivity contribution in [2.24, 2.45) is 5.84 Å². The van der Waals surface area contributed by atoms with E-state index in [1.165, 1.54) is 11.2 Å². The third-order valence-electron chi connectivity index (χ3n) is 3.81. The Hall–Kier alpha value is -2.58. The van der Waals surface area contributed by atoms with Gasteiger partial charge in [-0.15, -0.1) is 0 Å². The average molecular weight is 316 g/mol. The molecule has 8 nitrogen and oxygen atoms in total. The summed E-state index contributed by atoms with van der Waals surface area (Å²) >= 11 is 0. The number of ether oxygens (including phenoxy) is 1. The van der Waals surface area contributed by atoms with Gasteiger partial charge in [0.15, 0.2) is 5.82 Å². The molecule has 3 rings (SSSR count). The lowest BCUT2D eigenvalue weighted by atomic mass is 10.3. The molecule has 1 atom stereocenters. The fraction of sp³-hybridized carbons (Fsp3) is 0.333. The molecule has 1 aliphatic rings. The number of β-amino-alcohol motifs (C(OH)–C–C–N with tert-alkyl or cyclic N) is 1. The Bertz CT molecular complexity index is 678. The number of benzene rings is 1. The number of aromatic nitrogens is 2. The van der Waals surface area contributed by atoms with Crippen molar-refractivity contribution >= 4 is 23.1 Å². The van der Waals surface area contributed by atoms with Gasteiger partial charge in [0.05, 0.1) is 30.8 Å². The predicted molar refractivity (Wildman–Crippen MR) is 88.6 cm³/mol. The molecule has 0 saturated carbocycles. The molecule has 1 aromatic carbocycles. The summed E-state index contributed by atoms with van der Waals surface area (Å²) in [5.41, 5.74) is 7.08. The van der Waals surface area contributed by atoms with E-state index in [0.717, 1.165) is 11.4 Å². The Morgan fingerprint density at radius 1 is 1.35 bits per heavy atom. The molecule has 23 heavy (non-hydrogen) atoms. The molecular weight excluding hydrogens is 296 g/mol. The second-order valence-corrected chi connectivity index (χ2v) is 5.41. The molecule has 1 saturated heterocycles. The molecule has 0 spiro atoms. The Balaban J connectivity index is 1.88. The third kappa shape index (κ3) is 3.13. The van der Waals surface area contributed by atoms with E-state index in [1.54, 1.807) is 7.11 Å². The third-order valence-corrected chi connectivity index (χ3v) is 3.81. The van der Waals surface area contributed by atoms with E-state index in [-0.39, 0.29) is 6.10 Å². The van der Waals surface area contributed by atoms with Gasteiger partial charge in [-0.3, -0.25) is 5.01 Å². The zero-order valence-corrected chi connectivity index (χ0v) is 12.9. The Labute approximate surface area is 134 Å². The lowest BCUT2D eigenvalue weighted by Crippen LogP contribution is -2.29. The molecule has 0 radical (unpaired) electrons. The minimum absolute atomic E-state index is 0.352. The number of hydrogen-bond donors (Lipinski definition) is 3. The van der Waals surface area contributed by atoms with Crippen molar-refractivity contribution in [1.82, 2.24) is 9.97 Å². The average Bonchev–Trinajstić information content (AvgIpc) is 3.01. The molecule has 1 unspecified atom stereocenters. The van der Waals surface area contributed by atoms with Crippen LogP contribution in [0, 0.1) is 0 Å². The van der Waals surface area contributed by atoms with Gasteiger partial charge < -0.3 is 20.5 Å². The maximum Gasteiger partial charge on any atom is 0.227 e. The van der Waals surface area contributed by atoms with Gasteiger partial charge in [0.2, 0.25) is 5.95 Å². The second kappa shape index (κ2) is 6.27. The summed E-state index contributed by atoms with van der Waals surface area (Å²) in [5.74, 6) is 7.83. The van der Waals surface area contributed by atoms with Crippen molar-refractivity contribution in [2.45, 2.75) is 12.5 Å². The number of nitrogens with two attached hydrogens (primary N) is 2. The van der Waals surface area contributed by atoms with Crippen molar-refractivity contribution in [3.05, 3.63) is 30.5 Å². The topological polar surface area (TPSA) is 114 Å². The minimum Gasteiger partial charge on any atom is -0.497 e. The maximum absolute atomic E-state index is 9.65. The quantitative estimate of drug-likeness (QED) is 0.556. The Morgan fingerprint density at radius 3 is 2.70 bits per heavy atom. The van der Waals surface area contributed by atoms with Gasteiger partial charge in [0.25, 0.3) is 0 Å². The number of nitrogen functional groups attached to an aromatic ring is 1. The van der Waals surface area contributed by atoms with E-state index >= 15 is 0 Å². The number of hydrogen-bond acceptors (Lipinski definition) is 8. The van der Waals surface area contributed by atoms with Gasteiger partial charge in [-0.2, -0.15) is 4.98 Å². The number of rotatable bonds is 4. The first kappa shape index (κ1) is 15.3. The fourth-order valence-electron chi connectivity index (χ4n) is 2.51. The van der Waals surface area contributed by atoms with Crippen LogP contribution in [0.3, 0.4) is 0 Å². The number of aliphatic hydroxyl groups excluding tert-OH is 1. The Morgan fingerprint density at radius 2 is 2.09 bits per heavy atom. The van der Waals surface area contributed by atoms with Crippen LogP contribution in [0.2, 0.25) is 0 Å². The number of methoxy groups -OCH3 is 1. The first-order valence-corrected chi connectivity index (χ1v) is 7.33. The van der Waals surface area contributed by atoms with E-state index in [9.17, 15) is 5.11 Å². The molecule has 1 aliphatic heterocycles. The molecule has 8 heteroatoms. The summed E-state index contributed by atoms with van der Waals surface area (Å²) in [6.07, 6.45) is 1.88. The molecule has 2 aromatic rings. The van der Waals surface area contributed by atoms with Crippen molar-refractivity contribution < 1.29 is 9.84 Å². The summed E-state index contributed by atoms with van der Waals surface area (Å²) in [7, 11) is 1.61. The zero-order valence-electron chi connectivity index (χ0n) is 12.9. The molecule has 122 valence electrons. The van der Waals surface area contributed by atoms with Crippen molar-refractivity contribution in [1.29, 1.82) is 0 Å². The molecule has 5 N–H and O–H groups in total. The van der Waals surface area contributed by atoms with E-state index in [2.05, 4.69) is 9.97 Å². The molecule has 2 heterocycles. The molecule has 1 fully saturated rings. The van der Waals surface area contributed by atoms with Crippen LogP contribution in [-0.4, -0.2) is 41.4 Å². The van der Waals surface area contributed by atoms with E-state index in [4.69, 9.17) is 16.3 Å². The first-order valence-electron chi connectivity index (χ1n) is 7.33. The van der Waals surface area contributed by atoms with Crippen LogP contribution in [0.1, 0.15) is 6.42 Å². The van der Waals surface area contributed by atoms with Crippen LogP contribution < -0.4 is 26.2 Å². The summed E-state index contributed by atoms with van der Waals surface area (Å²) in [4.78, 5) is 10.6. The number of anilines is 4. The molecule has 0 bridgehead atoms. The van der Waals surface area contributed by atoms with Crippen LogP contribution in [-0.2, 0) is 0 Å². The monoisotopic (exact) mass is 316 g/mol. The minimum atomic E-state index is -0.352. The predicted octanol–water partition coefficient (Wildman–Crippen LogP) is 0.650. The highest BCUT2D eigenvalue weighted by Gasteiger charge is 2.23. The molecule has 1 aromatic heterocycles. The van der Waals surface area contributed by atoms with E-state index in [0.29, 0.717) is 37.0 Å². The van der Waals surface area contributed by atoms with Gasteiger partial charge in [0, 0.05) is 13.1 Å². The molecule has 0 aliphatic carbocycles. The summed E-state index contributed by atoms with van der Waals surface area (Å²) in [5, 5.41) is 11.1. The highest BCUT2D eigenvalue weighted by atomic mass is 16.5. The van der Waals surface area contributed by atoms with Gasteiger partial charge in [0.1, 0.15) is 5.75 Å². The lowest BCUT2D eigenvalue weighted by molar-refractivity contribution is 0.198. The number of nitrogens with zero attached hydrogens (tertiary/aromatic N) is 4. The van der Waals surface area contributed by atoms with Gasteiger partial charge in [-0.25, -0.2) is 10.8 Å². The van der Waals surface area contributed by atoms with Crippen LogP contribution in [0.5, 0.6) is 5.75 Å². The summed E-state index contributed by atoms with van der Waals surface area (Å²) in [6.45, 7) is 1.22. The van der Waals surface area contributed by atoms with Crippen molar-refractivity contribution in [2.75, 3.05) is 35.8 Å². The standard InChI is InChI=1S/C15H20N6O2/c1-23-12-4-2-10(3-5-12)21(17)14-13(16)8-18-15(19-14)20-7-6-11(22)9-20/h2-5,8,11,22H,6-7,9,16-17H2,1H3. The lowest BCUT2D eigenvalue weighted by Gasteiger charge is -2.22. The fourth-order valence-corrected chi connectivity index (χ4v) is 2.51. The Kier molecular flexibility index (Phi) is 4.18. The SMILES string of the molecule is COc1ccc(N(N)c2nc(N3CCC(O)C3)ncc2N)cc1. The van der Waals surface area contributed by atoms with Gasteiger partial charge in [-0.05, 0) is 30.7 Å². The van der Waals surface area contributed by atoms with Crippen LogP contribution in [0.4, 0.5) is 23.1 Å². The van der Waals surface area contributed by atoms with Crippen LogP contribution >= 0.6 is 0 Å². The second-order valence-electron chi connectivity index (χ2n) is 5.41. The molecule has 0 amide bonds. The maximum atomic E-state index is 9.65. The summed E-state index contributed by atoms with van der Waals surface area (Å²) < 4.78 is 5.14.